The van der Waals surface area contributed by atoms with Gasteiger partial charge in [-0.25, -0.2) is 0 Å². The molecule has 2 heterocycles. The van der Waals surface area contributed by atoms with E-state index in [1.54, 1.807) is 17.0 Å². The second kappa shape index (κ2) is 6.65. The fourth-order valence-electron chi connectivity index (χ4n) is 2.95. The SMILES string of the molecule is C[C@H]1CCCCN1C(=O)c1ccc(-c2cc([N+](=O)[O-])ccc2Cl)o1. The molecule has 1 aromatic carbocycles. The number of nitrogens with zero attached hydrogens (tertiary/aromatic N) is 2. The van der Waals surface area contributed by atoms with Gasteiger partial charge < -0.3 is 9.32 Å². The number of halogens is 1. The highest BCUT2D eigenvalue weighted by atomic mass is 35.5. The number of carbonyl (C=O) groups excluding carboxylic acids is 1. The van der Waals surface area contributed by atoms with Crippen molar-refractivity contribution in [3.05, 3.63) is 51.2 Å². The van der Waals surface area contributed by atoms with Crippen LogP contribution in [0.2, 0.25) is 5.02 Å². The first-order valence-electron chi connectivity index (χ1n) is 7.82. The lowest BCUT2D eigenvalue weighted by molar-refractivity contribution is -0.384. The van der Waals surface area contributed by atoms with Gasteiger partial charge >= 0.3 is 0 Å². The number of non-ortho nitro benzene ring substituents is 1. The summed E-state index contributed by atoms with van der Waals surface area (Å²) in [5.74, 6) is 0.410. The first-order chi connectivity index (χ1) is 11.5. The van der Waals surface area contributed by atoms with Crippen LogP contribution in [0.1, 0.15) is 36.7 Å². The highest BCUT2D eigenvalue weighted by molar-refractivity contribution is 6.33. The first-order valence-corrected chi connectivity index (χ1v) is 8.20. The van der Waals surface area contributed by atoms with Gasteiger partial charge in [0.2, 0.25) is 0 Å². The summed E-state index contributed by atoms with van der Waals surface area (Å²) in [5, 5.41) is 11.3. The molecule has 3 rings (SSSR count). The molecule has 0 spiro atoms. The minimum absolute atomic E-state index is 0.0803. The zero-order valence-corrected chi connectivity index (χ0v) is 14.0. The van der Waals surface area contributed by atoms with Crippen molar-refractivity contribution < 1.29 is 14.1 Å². The van der Waals surface area contributed by atoms with Crippen LogP contribution in [-0.4, -0.2) is 28.3 Å². The van der Waals surface area contributed by atoms with Gasteiger partial charge in [-0.15, -0.1) is 0 Å². The Morgan fingerprint density at radius 3 is 2.83 bits per heavy atom. The Labute approximate surface area is 144 Å². The van der Waals surface area contributed by atoms with Crippen molar-refractivity contribution in [2.24, 2.45) is 0 Å². The summed E-state index contributed by atoms with van der Waals surface area (Å²) >= 11 is 6.12. The maximum Gasteiger partial charge on any atom is 0.289 e. The maximum atomic E-state index is 12.6. The molecule has 1 atom stereocenters. The third-order valence-electron chi connectivity index (χ3n) is 4.31. The average Bonchev–Trinajstić information content (AvgIpc) is 3.04. The van der Waals surface area contributed by atoms with Crippen LogP contribution in [0.4, 0.5) is 5.69 Å². The average molecular weight is 349 g/mol. The molecule has 2 aromatic rings. The summed E-state index contributed by atoms with van der Waals surface area (Å²) in [5.41, 5.74) is 0.319. The van der Waals surface area contributed by atoms with Gasteiger partial charge in [0, 0.05) is 30.3 Å². The molecular weight excluding hydrogens is 332 g/mol. The second-order valence-corrected chi connectivity index (χ2v) is 6.34. The van der Waals surface area contributed by atoms with Crippen LogP contribution >= 0.6 is 11.6 Å². The minimum Gasteiger partial charge on any atom is -0.451 e. The van der Waals surface area contributed by atoms with Gasteiger partial charge in [-0.3, -0.25) is 14.9 Å². The number of benzene rings is 1. The molecule has 1 fully saturated rings. The van der Waals surface area contributed by atoms with Crippen molar-refractivity contribution in [3.63, 3.8) is 0 Å². The highest BCUT2D eigenvalue weighted by Gasteiger charge is 2.26. The molecule has 1 saturated heterocycles. The van der Waals surface area contributed by atoms with Gasteiger partial charge in [-0.1, -0.05) is 11.6 Å². The Kier molecular flexibility index (Phi) is 4.57. The number of carbonyl (C=O) groups is 1. The standard InChI is InChI=1S/C17H17ClN2O4/c1-11-4-2-3-9-19(11)17(21)16-8-7-15(24-16)13-10-12(20(22)23)5-6-14(13)18/h5-8,10-11H,2-4,9H2,1H3/t11-/m0/s1. The molecule has 1 aliphatic heterocycles. The van der Waals surface area contributed by atoms with E-state index in [0.717, 1.165) is 19.3 Å². The van der Waals surface area contributed by atoms with Crippen LogP contribution in [0.15, 0.2) is 34.7 Å². The Morgan fingerprint density at radius 1 is 1.33 bits per heavy atom. The molecule has 0 aliphatic carbocycles. The van der Waals surface area contributed by atoms with Crippen molar-refractivity contribution in [1.82, 2.24) is 4.90 Å². The van der Waals surface area contributed by atoms with E-state index in [4.69, 9.17) is 16.0 Å². The van der Waals surface area contributed by atoms with Gasteiger partial charge in [0.05, 0.1) is 9.95 Å². The van der Waals surface area contributed by atoms with E-state index in [1.807, 2.05) is 6.92 Å². The molecule has 0 unspecified atom stereocenters. The van der Waals surface area contributed by atoms with Crippen molar-refractivity contribution in [1.29, 1.82) is 0 Å². The van der Waals surface area contributed by atoms with Crippen LogP contribution in [0.25, 0.3) is 11.3 Å². The number of hydrogen-bond donors (Lipinski definition) is 0. The number of rotatable bonds is 3. The zero-order valence-electron chi connectivity index (χ0n) is 13.2. The molecule has 0 bridgehead atoms. The lowest BCUT2D eigenvalue weighted by Crippen LogP contribution is -2.41. The van der Waals surface area contributed by atoms with E-state index in [2.05, 4.69) is 0 Å². The number of piperidine rings is 1. The van der Waals surface area contributed by atoms with Crippen LogP contribution in [0.5, 0.6) is 0 Å². The normalized spacial score (nSPS) is 17.8. The Hall–Kier alpha value is -2.34. The van der Waals surface area contributed by atoms with E-state index in [9.17, 15) is 14.9 Å². The predicted octanol–water partition coefficient (Wildman–Crippen LogP) is 4.52. The molecule has 0 N–H and O–H groups in total. The molecule has 6 nitrogen and oxygen atoms in total. The van der Waals surface area contributed by atoms with Gasteiger partial charge in [-0.05, 0) is 44.4 Å². The fraction of sp³-hybridized carbons (Fsp3) is 0.353. The van der Waals surface area contributed by atoms with Gasteiger partial charge in [0.25, 0.3) is 11.6 Å². The van der Waals surface area contributed by atoms with Crippen LogP contribution in [0, 0.1) is 10.1 Å². The summed E-state index contributed by atoms with van der Waals surface area (Å²) < 4.78 is 5.65. The number of likely N-dealkylation sites (tertiary alicyclic amines) is 1. The fourth-order valence-corrected chi connectivity index (χ4v) is 3.17. The predicted molar refractivity (Wildman–Crippen MR) is 90.2 cm³/mol. The molecule has 1 aliphatic rings. The van der Waals surface area contributed by atoms with Crippen molar-refractivity contribution >= 4 is 23.2 Å². The zero-order chi connectivity index (χ0) is 17.3. The summed E-state index contributed by atoms with van der Waals surface area (Å²) in [7, 11) is 0. The molecule has 126 valence electrons. The molecule has 0 saturated carbocycles. The van der Waals surface area contributed by atoms with Crippen LogP contribution in [-0.2, 0) is 0 Å². The molecule has 0 radical (unpaired) electrons. The van der Waals surface area contributed by atoms with Crippen LogP contribution < -0.4 is 0 Å². The maximum absolute atomic E-state index is 12.6. The van der Waals surface area contributed by atoms with Gasteiger partial charge in [-0.2, -0.15) is 0 Å². The third kappa shape index (κ3) is 3.14. The minimum atomic E-state index is -0.496. The van der Waals surface area contributed by atoms with Gasteiger partial charge in [0.1, 0.15) is 5.76 Å². The molecule has 24 heavy (non-hydrogen) atoms. The van der Waals surface area contributed by atoms with Crippen molar-refractivity contribution in [3.8, 4) is 11.3 Å². The first kappa shape index (κ1) is 16.5. The monoisotopic (exact) mass is 348 g/mol. The number of hydrogen-bond acceptors (Lipinski definition) is 4. The molecule has 1 amide bonds. The summed E-state index contributed by atoms with van der Waals surface area (Å²) in [4.78, 5) is 24.8. The van der Waals surface area contributed by atoms with E-state index in [1.165, 1.54) is 18.2 Å². The summed E-state index contributed by atoms with van der Waals surface area (Å²) in [6, 6.07) is 7.52. The van der Waals surface area contributed by atoms with Gasteiger partial charge in [0.15, 0.2) is 5.76 Å². The number of nitro groups is 1. The second-order valence-electron chi connectivity index (χ2n) is 5.93. The quantitative estimate of drug-likeness (QED) is 0.603. The summed E-state index contributed by atoms with van der Waals surface area (Å²) in [6.45, 7) is 2.74. The highest BCUT2D eigenvalue weighted by Crippen LogP contribution is 2.33. The van der Waals surface area contributed by atoms with Crippen molar-refractivity contribution in [2.75, 3.05) is 6.54 Å². The number of furan rings is 1. The Bertz CT molecular complexity index is 787. The lowest BCUT2D eigenvalue weighted by atomic mass is 10.0. The van der Waals surface area contributed by atoms with E-state index in [-0.39, 0.29) is 23.4 Å². The Morgan fingerprint density at radius 2 is 2.12 bits per heavy atom. The summed E-state index contributed by atoms with van der Waals surface area (Å²) in [6.07, 6.45) is 3.09. The lowest BCUT2D eigenvalue weighted by Gasteiger charge is -2.32. The molecular formula is C17H17ClN2O4. The Balaban J connectivity index is 1.89. The number of amides is 1. The number of nitro benzene ring substituents is 1. The molecule has 7 heteroatoms. The van der Waals surface area contributed by atoms with E-state index < -0.39 is 4.92 Å². The third-order valence-corrected chi connectivity index (χ3v) is 4.64. The van der Waals surface area contributed by atoms with Crippen LogP contribution in [0.3, 0.4) is 0 Å². The smallest absolute Gasteiger partial charge is 0.289 e. The van der Waals surface area contributed by atoms with Crippen molar-refractivity contribution in [2.45, 2.75) is 32.2 Å². The largest absolute Gasteiger partial charge is 0.451 e. The van der Waals surface area contributed by atoms with E-state index in [0.29, 0.717) is 22.9 Å². The van der Waals surface area contributed by atoms with E-state index >= 15 is 0 Å². The topological polar surface area (TPSA) is 76.6 Å². The molecule has 1 aromatic heterocycles.